The van der Waals surface area contributed by atoms with Gasteiger partial charge < -0.3 is 25.6 Å². The number of hydrogen-bond donors (Lipinski definition) is 3. The molecule has 11 heteroatoms. The summed E-state index contributed by atoms with van der Waals surface area (Å²) < 4.78 is 20.4. The summed E-state index contributed by atoms with van der Waals surface area (Å²) in [7, 11) is 0. The van der Waals surface area contributed by atoms with Crippen LogP contribution < -0.4 is 20.7 Å². The molecule has 0 bridgehead atoms. The molecule has 1 aliphatic carbocycles. The molecule has 3 aliphatic rings. The number of pyridine rings is 1. The van der Waals surface area contributed by atoms with Gasteiger partial charge in [-0.1, -0.05) is 36.4 Å². The van der Waals surface area contributed by atoms with Crippen LogP contribution in [0.2, 0.25) is 0 Å². The molecule has 6 rings (SSSR count). The number of ether oxygens (including phenoxy) is 1. The van der Waals surface area contributed by atoms with E-state index in [-0.39, 0.29) is 35.5 Å². The molecule has 254 valence electrons. The highest BCUT2D eigenvalue weighted by Crippen LogP contribution is 2.29. The quantitative estimate of drug-likeness (QED) is 0.244. The fourth-order valence-corrected chi connectivity index (χ4v) is 7.41. The maximum atomic E-state index is 14.3. The van der Waals surface area contributed by atoms with Gasteiger partial charge in [-0.3, -0.25) is 14.6 Å². The normalized spacial score (nSPS) is 21.6. The Hall–Kier alpha value is -3.80. The second-order valence-corrected chi connectivity index (χ2v) is 14.1. The third-order valence-corrected chi connectivity index (χ3v) is 10.3. The molecule has 2 aliphatic heterocycles. The highest BCUT2D eigenvalue weighted by atomic mass is 32.2. The lowest BCUT2D eigenvalue weighted by Crippen LogP contribution is -2.46. The average molecular weight is 673 g/mol. The third kappa shape index (κ3) is 9.42. The van der Waals surface area contributed by atoms with Crippen LogP contribution in [-0.4, -0.2) is 83.3 Å². The number of nitrogens with zero attached hydrogens (tertiary/aromatic N) is 3. The van der Waals surface area contributed by atoms with Crippen molar-refractivity contribution in [1.29, 1.82) is 0 Å². The highest BCUT2D eigenvalue weighted by Gasteiger charge is 2.29. The lowest BCUT2D eigenvalue weighted by Gasteiger charge is -2.30. The van der Waals surface area contributed by atoms with Gasteiger partial charge in [-0.25, -0.2) is 9.37 Å². The maximum absolute atomic E-state index is 14.3. The first-order chi connectivity index (χ1) is 23.4. The van der Waals surface area contributed by atoms with Crippen LogP contribution >= 0.6 is 11.8 Å². The van der Waals surface area contributed by atoms with Crippen molar-refractivity contribution in [2.75, 3.05) is 38.5 Å². The largest absolute Gasteiger partial charge is 0.438 e. The molecule has 3 N–H and O–H groups in total. The van der Waals surface area contributed by atoms with E-state index >= 15 is 0 Å². The fourth-order valence-electron chi connectivity index (χ4n) is 6.59. The first kappa shape index (κ1) is 34.1. The maximum Gasteiger partial charge on any atom is 0.257 e. The number of nitrogens with one attached hydrogen (secondary N) is 3. The minimum Gasteiger partial charge on any atom is -0.438 e. The molecule has 0 radical (unpaired) electrons. The molecule has 3 aromatic rings. The van der Waals surface area contributed by atoms with E-state index in [0.717, 1.165) is 80.3 Å². The number of carbonyl (C=O) groups is 2. The SMILES string of the molecule is CC1=NC(C(=O)NC2CCC(NC(=O)c3cc(F)cnc3Oc3cccc(-c4ccc(CCCN5CCCNCC5)cc4)c3)CC2)CS1. The molecule has 48 heavy (non-hydrogen) atoms. The van der Waals surface area contributed by atoms with Gasteiger partial charge in [0.25, 0.3) is 5.91 Å². The summed E-state index contributed by atoms with van der Waals surface area (Å²) in [6.07, 6.45) is 7.34. The number of carbonyl (C=O) groups excluding carboxylic acids is 2. The Morgan fingerprint density at radius 1 is 1.00 bits per heavy atom. The van der Waals surface area contributed by atoms with Gasteiger partial charge in [0.2, 0.25) is 11.8 Å². The van der Waals surface area contributed by atoms with Gasteiger partial charge >= 0.3 is 0 Å². The van der Waals surface area contributed by atoms with Crippen molar-refractivity contribution in [3.63, 3.8) is 0 Å². The van der Waals surface area contributed by atoms with Crippen molar-refractivity contribution < 1.29 is 18.7 Å². The van der Waals surface area contributed by atoms with Crippen molar-refractivity contribution in [2.45, 2.75) is 70.0 Å². The number of thioether (sulfide) groups is 1. The highest BCUT2D eigenvalue weighted by molar-refractivity contribution is 8.14. The molecular formula is C37H45FN6O3S. The summed E-state index contributed by atoms with van der Waals surface area (Å²) >= 11 is 1.61. The zero-order valence-corrected chi connectivity index (χ0v) is 28.4. The average Bonchev–Trinajstić information content (AvgIpc) is 3.37. The van der Waals surface area contributed by atoms with Gasteiger partial charge in [0.05, 0.1) is 11.2 Å². The van der Waals surface area contributed by atoms with Crippen molar-refractivity contribution >= 4 is 28.6 Å². The van der Waals surface area contributed by atoms with E-state index in [1.807, 2.05) is 25.1 Å². The number of hydrogen-bond acceptors (Lipinski definition) is 8. The van der Waals surface area contributed by atoms with Crippen LogP contribution in [0.15, 0.2) is 65.8 Å². The fraction of sp³-hybridized carbons (Fsp3) is 0.459. The van der Waals surface area contributed by atoms with Crippen molar-refractivity contribution in [2.24, 2.45) is 4.99 Å². The standard InChI is InChI=1S/C37H45FN6O3S/c1-25-41-34(24-48-25)36(46)43-31-14-12-30(13-15-31)42-35(45)33-22-29(38)23-40-37(33)47-32-7-2-6-28(21-32)27-10-8-26(9-11-27)5-3-18-44-19-4-16-39-17-20-44/h2,6-11,21-23,30-31,34,39H,3-5,12-20,24H2,1H3,(H,42,45)(H,43,46). The molecule has 9 nitrogen and oxygen atoms in total. The first-order valence-corrected chi connectivity index (χ1v) is 18.1. The van der Waals surface area contributed by atoms with Crippen LogP contribution in [0.5, 0.6) is 11.6 Å². The number of rotatable bonds is 11. The van der Waals surface area contributed by atoms with E-state index < -0.39 is 11.7 Å². The predicted octanol–water partition coefficient (Wildman–Crippen LogP) is 5.60. The Morgan fingerprint density at radius 3 is 2.56 bits per heavy atom. The lowest BCUT2D eigenvalue weighted by atomic mass is 9.90. The summed E-state index contributed by atoms with van der Waals surface area (Å²) in [5.41, 5.74) is 3.39. The van der Waals surface area contributed by atoms with Crippen molar-refractivity contribution in [1.82, 2.24) is 25.8 Å². The molecule has 3 heterocycles. The third-order valence-electron chi connectivity index (χ3n) is 9.27. The zero-order valence-electron chi connectivity index (χ0n) is 27.6. The van der Waals surface area contributed by atoms with E-state index in [4.69, 9.17) is 4.74 Å². The Balaban J connectivity index is 1.02. The number of aromatic nitrogens is 1. The minimum absolute atomic E-state index is 0.0346. The Kier molecular flexibility index (Phi) is 11.7. The van der Waals surface area contributed by atoms with Gasteiger partial charge in [0.15, 0.2) is 0 Å². The Bertz CT molecular complexity index is 1590. The van der Waals surface area contributed by atoms with Crippen molar-refractivity contribution in [3.05, 3.63) is 77.7 Å². The predicted molar refractivity (Wildman–Crippen MR) is 189 cm³/mol. The summed E-state index contributed by atoms with van der Waals surface area (Å²) in [6, 6.07) is 17.0. The van der Waals surface area contributed by atoms with Crippen LogP contribution in [-0.2, 0) is 11.2 Å². The summed E-state index contributed by atoms with van der Waals surface area (Å²) in [4.78, 5) is 37.0. The van der Waals surface area contributed by atoms with Crippen LogP contribution in [0, 0.1) is 5.82 Å². The topological polar surface area (TPSA) is 108 Å². The van der Waals surface area contributed by atoms with Gasteiger partial charge in [-0.05, 0) is 106 Å². The second-order valence-electron chi connectivity index (χ2n) is 12.9. The van der Waals surface area contributed by atoms with Crippen molar-refractivity contribution in [3.8, 4) is 22.8 Å². The smallest absolute Gasteiger partial charge is 0.257 e. The molecule has 2 fully saturated rings. The first-order valence-electron chi connectivity index (χ1n) is 17.1. The second kappa shape index (κ2) is 16.5. The number of aryl methyl sites for hydroxylation is 1. The zero-order chi connectivity index (χ0) is 33.3. The van der Waals surface area contributed by atoms with Crippen LogP contribution in [0.25, 0.3) is 11.1 Å². The number of amides is 2. The van der Waals surface area contributed by atoms with E-state index in [9.17, 15) is 14.0 Å². The van der Waals surface area contributed by atoms with Gasteiger partial charge in [0, 0.05) is 30.9 Å². The molecular weight excluding hydrogens is 628 g/mol. The van der Waals surface area contributed by atoms with Crippen LogP contribution in [0.1, 0.15) is 61.4 Å². The molecule has 2 aromatic carbocycles. The molecule has 1 atom stereocenters. The molecule has 1 saturated heterocycles. The van der Waals surface area contributed by atoms with Gasteiger partial charge in [0.1, 0.15) is 23.2 Å². The Labute approximate surface area is 286 Å². The molecule has 2 amide bonds. The number of benzene rings is 2. The van der Waals surface area contributed by atoms with E-state index in [1.54, 1.807) is 17.8 Å². The molecule has 1 saturated carbocycles. The number of aliphatic imine (C=N–C) groups is 1. The molecule has 1 aromatic heterocycles. The lowest BCUT2D eigenvalue weighted by molar-refractivity contribution is -0.122. The summed E-state index contributed by atoms with van der Waals surface area (Å²) in [5.74, 6) is 0.161. The monoisotopic (exact) mass is 672 g/mol. The Morgan fingerprint density at radius 2 is 1.79 bits per heavy atom. The van der Waals surface area contributed by atoms with E-state index in [2.05, 4.69) is 55.1 Å². The minimum atomic E-state index is -0.612. The number of halogens is 1. The molecule has 0 spiro atoms. The summed E-state index contributed by atoms with van der Waals surface area (Å²) in [5, 5.41) is 10.6. The van der Waals surface area contributed by atoms with Crippen LogP contribution in [0.3, 0.4) is 0 Å². The van der Waals surface area contributed by atoms with E-state index in [0.29, 0.717) is 24.3 Å². The summed E-state index contributed by atoms with van der Waals surface area (Å²) in [6.45, 7) is 7.52. The van der Waals surface area contributed by atoms with E-state index in [1.165, 1.54) is 18.5 Å². The molecule has 1 unspecified atom stereocenters. The van der Waals surface area contributed by atoms with Gasteiger partial charge in [-0.2, -0.15) is 0 Å². The van der Waals surface area contributed by atoms with Gasteiger partial charge in [-0.15, -0.1) is 11.8 Å². The van der Waals surface area contributed by atoms with Crippen LogP contribution in [0.4, 0.5) is 4.39 Å².